The van der Waals surface area contributed by atoms with Crippen LogP contribution in [0.15, 0.2) is 36.5 Å². The predicted molar refractivity (Wildman–Crippen MR) is 340 cm³/mol. The van der Waals surface area contributed by atoms with E-state index in [9.17, 15) is 19.0 Å². The number of carbonyl (C=O) groups is 2. The largest absolute Gasteiger partial charge is 0.756 e. The number of esters is 1. The molecule has 0 rings (SSSR count). The lowest BCUT2D eigenvalue weighted by molar-refractivity contribution is -0.870. The number of hydrogen-bond acceptors (Lipinski definition) is 7. The average molecular weight is 1130 g/mol. The highest BCUT2D eigenvalue weighted by Gasteiger charge is 2.27. The second kappa shape index (κ2) is 59.4. The second-order valence-corrected chi connectivity index (χ2v) is 26.1. The maximum Gasteiger partial charge on any atom is 0.306 e. The number of carbonyl (C=O) groups excluding carboxylic acids is 2. The van der Waals surface area contributed by atoms with Crippen molar-refractivity contribution in [1.82, 2.24) is 5.32 Å². The molecule has 3 atom stereocenters. The molecule has 0 saturated carbocycles. The number of amides is 1. The van der Waals surface area contributed by atoms with Gasteiger partial charge in [-0.2, -0.15) is 0 Å². The van der Waals surface area contributed by atoms with Crippen molar-refractivity contribution in [3.63, 3.8) is 0 Å². The molecule has 0 saturated heterocycles. The molecule has 0 aliphatic rings. The highest BCUT2D eigenvalue weighted by molar-refractivity contribution is 7.45. The fraction of sp³-hybridized carbons (Fsp3) is 0.884. The van der Waals surface area contributed by atoms with Gasteiger partial charge in [-0.3, -0.25) is 14.2 Å². The number of phosphoric ester groups is 1. The van der Waals surface area contributed by atoms with Gasteiger partial charge in [-0.05, 0) is 63.9 Å². The lowest BCUT2D eigenvalue weighted by Crippen LogP contribution is -2.47. The lowest BCUT2D eigenvalue weighted by Gasteiger charge is -2.30. The van der Waals surface area contributed by atoms with Gasteiger partial charge < -0.3 is 28.5 Å². The van der Waals surface area contributed by atoms with Crippen LogP contribution in [-0.2, 0) is 27.9 Å². The molecule has 0 fully saturated rings. The van der Waals surface area contributed by atoms with Crippen molar-refractivity contribution in [1.29, 1.82) is 0 Å². The zero-order valence-corrected chi connectivity index (χ0v) is 54.2. The predicted octanol–water partition coefficient (Wildman–Crippen LogP) is 20.8. The lowest BCUT2D eigenvalue weighted by atomic mass is 10.0. The summed E-state index contributed by atoms with van der Waals surface area (Å²) in [6, 6.07) is -0.883. The minimum absolute atomic E-state index is 0.0187. The van der Waals surface area contributed by atoms with Crippen molar-refractivity contribution in [3.05, 3.63) is 36.5 Å². The Morgan fingerprint density at radius 1 is 0.443 bits per heavy atom. The first kappa shape index (κ1) is 77.2. The van der Waals surface area contributed by atoms with Crippen LogP contribution >= 0.6 is 7.82 Å². The summed E-state index contributed by atoms with van der Waals surface area (Å²) in [5.41, 5.74) is 0. The van der Waals surface area contributed by atoms with Gasteiger partial charge in [0.25, 0.3) is 7.82 Å². The maximum absolute atomic E-state index is 13.5. The van der Waals surface area contributed by atoms with Crippen molar-refractivity contribution >= 4 is 19.7 Å². The molecular weight excluding hydrogens is 1000 g/mol. The van der Waals surface area contributed by atoms with Crippen molar-refractivity contribution in [3.8, 4) is 0 Å². The number of nitrogens with zero attached hydrogens (tertiary/aromatic N) is 1. The molecule has 0 aliphatic heterocycles. The third-order valence-corrected chi connectivity index (χ3v) is 16.5. The first-order valence-corrected chi connectivity index (χ1v) is 35.8. The average Bonchev–Trinajstić information content (AvgIpc) is 3.41. The van der Waals surface area contributed by atoms with Gasteiger partial charge in [-0.25, -0.2) is 0 Å². The van der Waals surface area contributed by atoms with Gasteiger partial charge >= 0.3 is 5.97 Å². The van der Waals surface area contributed by atoms with Gasteiger partial charge in [-0.15, -0.1) is 0 Å². The van der Waals surface area contributed by atoms with E-state index >= 15 is 0 Å². The Labute approximate surface area is 491 Å². The van der Waals surface area contributed by atoms with Crippen LogP contribution in [0.5, 0.6) is 0 Å². The summed E-state index contributed by atoms with van der Waals surface area (Å²) in [7, 11) is 1.20. The van der Waals surface area contributed by atoms with Gasteiger partial charge in [0, 0.05) is 12.8 Å². The molecule has 79 heavy (non-hydrogen) atoms. The molecule has 0 aliphatic carbocycles. The molecule has 466 valence electrons. The molecular formula is C69H133N2O7P. The van der Waals surface area contributed by atoms with Crippen LogP contribution in [0.3, 0.4) is 0 Å². The van der Waals surface area contributed by atoms with E-state index in [-0.39, 0.29) is 31.5 Å². The molecule has 0 bridgehead atoms. The SMILES string of the molecule is CCCCC/C=C\C/C=C\CCCCCCCCCCCCCCCCCCCC(=O)OC(/C=C\CCCCCCCCCCCC)C(COP(=O)([O-])OCC[N+](C)(C)C)NC(=O)CCCCCCCCCCCCCCCC. The van der Waals surface area contributed by atoms with E-state index in [1.54, 1.807) is 0 Å². The van der Waals surface area contributed by atoms with Crippen molar-refractivity contribution in [2.24, 2.45) is 0 Å². The van der Waals surface area contributed by atoms with Crippen molar-refractivity contribution in [2.75, 3.05) is 40.9 Å². The van der Waals surface area contributed by atoms with Gasteiger partial charge in [-0.1, -0.05) is 302 Å². The van der Waals surface area contributed by atoms with E-state index in [0.29, 0.717) is 17.4 Å². The van der Waals surface area contributed by atoms with Crippen LogP contribution in [0.2, 0.25) is 0 Å². The summed E-state index contributed by atoms with van der Waals surface area (Å²) in [5.74, 6) is -0.522. The monoisotopic (exact) mass is 1130 g/mol. The molecule has 1 amide bonds. The molecule has 0 heterocycles. The van der Waals surface area contributed by atoms with Crippen LogP contribution in [0.4, 0.5) is 0 Å². The Bertz CT molecular complexity index is 1450. The number of nitrogens with one attached hydrogen (secondary N) is 1. The maximum atomic E-state index is 13.5. The second-order valence-electron chi connectivity index (χ2n) is 24.7. The molecule has 10 heteroatoms. The first-order valence-electron chi connectivity index (χ1n) is 34.3. The molecule has 1 N–H and O–H groups in total. The van der Waals surface area contributed by atoms with Gasteiger partial charge in [0.15, 0.2) is 0 Å². The van der Waals surface area contributed by atoms with Crippen LogP contribution in [0, 0.1) is 0 Å². The molecule has 0 aromatic heterocycles. The van der Waals surface area contributed by atoms with E-state index in [1.807, 2.05) is 33.3 Å². The van der Waals surface area contributed by atoms with Crippen LogP contribution < -0.4 is 10.2 Å². The summed E-state index contributed by atoms with van der Waals surface area (Å²) in [5, 5.41) is 3.04. The number of hydrogen-bond donors (Lipinski definition) is 1. The highest BCUT2D eigenvalue weighted by atomic mass is 31.2. The third kappa shape index (κ3) is 60.6. The highest BCUT2D eigenvalue weighted by Crippen LogP contribution is 2.38. The van der Waals surface area contributed by atoms with Gasteiger partial charge in [0.1, 0.15) is 19.3 Å². The standard InChI is InChI=1S/C69H133N2O7P/c1-7-10-13-16-19-22-25-28-30-31-32-33-34-35-36-37-38-39-40-41-42-44-47-50-53-56-59-62-69(73)78-67(60-57-54-51-48-45-27-24-21-18-15-12-9-3)66(65-77-79(74,75)76-64-63-71(4,5)6)70-68(72)61-58-55-52-49-46-43-29-26-23-20-17-14-11-8-2/h19,22,28,30,57,60,66-67H,7-18,20-21,23-27,29,31-56,58-59,61-65H2,1-6H3,(H-,70,72,74,75)/b22-19-,30-28-,60-57-. The van der Waals surface area contributed by atoms with E-state index in [0.717, 1.165) is 64.2 Å². The Kier molecular flexibility index (Phi) is 58.1. The molecule has 0 spiro atoms. The summed E-state index contributed by atoms with van der Waals surface area (Å²) in [4.78, 5) is 40.1. The van der Waals surface area contributed by atoms with Crippen molar-refractivity contribution in [2.45, 2.75) is 354 Å². The van der Waals surface area contributed by atoms with E-state index < -0.39 is 20.0 Å². The van der Waals surface area contributed by atoms with Gasteiger partial charge in [0.2, 0.25) is 5.91 Å². The fourth-order valence-electron chi connectivity index (χ4n) is 10.3. The zero-order valence-electron chi connectivity index (χ0n) is 53.3. The Morgan fingerprint density at radius 3 is 1.16 bits per heavy atom. The fourth-order valence-corrected chi connectivity index (χ4v) is 11.0. The number of likely N-dealkylation sites (N-methyl/N-ethyl adjacent to an activating group) is 1. The van der Waals surface area contributed by atoms with Crippen LogP contribution in [0.25, 0.3) is 0 Å². The van der Waals surface area contributed by atoms with Gasteiger partial charge in [0.05, 0.1) is 33.8 Å². The Hall–Kier alpha value is -1.77. The first-order chi connectivity index (χ1) is 38.4. The number of quaternary nitrogens is 1. The number of ether oxygens (including phenoxy) is 1. The molecule has 0 aromatic rings. The molecule has 0 aromatic carbocycles. The number of rotatable bonds is 63. The molecule has 0 radical (unpaired) electrons. The minimum Gasteiger partial charge on any atom is -0.756 e. The quantitative estimate of drug-likeness (QED) is 0.0212. The number of unbranched alkanes of at least 4 members (excludes halogenated alkanes) is 43. The smallest absolute Gasteiger partial charge is 0.306 e. The summed E-state index contributed by atoms with van der Waals surface area (Å²) in [6.45, 7) is 6.87. The van der Waals surface area contributed by atoms with E-state index in [2.05, 4.69) is 50.4 Å². The van der Waals surface area contributed by atoms with E-state index in [1.165, 1.54) is 244 Å². The molecule has 9 nitrogen and oxygen atoms in total. The molecule has 3 unspecified atom stereocenters. The summed E-state index contributed by atoms with van der Waals surface area (Å²) >= 11 is 0. The zero-order chi connectivity index (χ0) is 57.9. The summed E-state index contributed by atoms with van der Waals surface area (Å²) < 4.78 is 30.4. The van der Waals surface area contributed by atoms with Crippen LogP contribution in [-0.4, -0.2) is 69.4 Å². The topological polar surface area (TPSA) is 114 Å². The van der Waals surface area contributed by atoms with E-state index in [4.69, 9.17) is 13.8 Å². The Balaban J connectivity index is 4.97. The van der Waals surface area contributed by atoms with Crippen LogP contribution in [0.1, 0.15) is 342 Å². The number of allylic oxidation sites excluding steroid dienone is 5. The Morgan fingerprint density at radius 2 is 0.772 bits per heavy atom. The van der Waals surface area contributed by atoms with Crippen molar-refractivity contribution < 1.29 is 37.3 Å². The number of phosphoric acid groups is 1. The normalized spacial score (nSPS) is 13.8. The minimum atomic E-state index is -4.69. The third-order valence-electron chi connectivity index (χ3n) is 15.6. The summed E-state index contributed by atoms with van der Waals surface area (Å²) in [6.07, 6.45) is 72.7.